The summed E-state index contributed by atoms with van der Waals surface area (Å²) in [5.74, 6) is -0.390. The molecule has 1 atom stereocenters. The number of hydrogen-bond acceptors (Lipinski definition) is 3. The molecule has 0 aliphatic rings. The lowest BCUT2D eigenvalue weighted by molar-refractivity contribution is -0.118. The van der Waals surface area contributed by atoms with Crippen molar-refractivity contribution in [1.82, 2.24) is 0 Å². The van der Waals surface area contributed by atoms with Gasteiger partial charge in [0, 0.05) is 10.2 Å². The van der Waals surface area contributed by atoms with Crippen LogP contribution in [-0.4, -0.2) is 23.7 Å². The van der Waals surface area contributed by atoms with Gasteiger partial charge in [0.2, 0.25) is 5.91 Å². The predicted octanol–water partition coefficient (Wildman–Crippen LogP) is 1.02. The van der Waals surface area contributed by atoms with Gasteiger partial charge in [-0.15, -0.1) is 0 Å². The number of hydrogen-bond donors (Lipinski definition) is 3. The van der Waals surface area contributed by atoms with Gasteiger partial charge in [-0.25, -0.2) is 0 Å². The van der Waals surface area contributed by atoms with Gasteiger partial charge in [0.05, 0.1) is 6.61 Å². The van der Waals surface area contributed by atoms with Crippen molar-refractivity contribution in [3.63, 3.8) is 0 Å². The Labute approximate surface area is 96.6 Å². The molecule has 1 aromatic carbocycles. The van der Waals surface area contributed by atoms with Crippen molar-refractivity contribution in [3.05, 3.63) is 28.2 Å². The van der Waals surface area contributed by atoms with Crippen LogP contribution < -0.4 is 11.1 Å². The number of anilines is 1. The monoisotopic (exact) mass is 272 g/mol. The Hall–Kier alpha value is -0.910. The predicted molar refractivity (Wildman–Crippen MR) is 62.6 cm³/mol. The molecule has 4 N–H and O–H groups in total. The Morgan fingerprint density at radius 2 is 2.33 bits per heavy atom. The van der Waals surface area contributed by atoms with Crippen molar-refractivity contribution in [2.45, 2.75) is 13.0 Å². The molecule has 82 valence electrons. The highest BCUT2D eigenvalue weighted by atomic mass is 79.9. The quantitative estimate of drug-likeness (QED) is 0.769. The average Bonchev–Trinajstić information content (AvgIpc) is 2.23. The molecule has 4 nitrogen and oxygen atoms in total. The highest BCUT2D eigenvalue weighted by Gasteiger charge is 2.13. The molecule has 0 saturated heterocycles. The van der Waals surface area contributed by atoms with Crippen molar-refractivity contribution in [2.75, 3.05) is 11.9 Å². The van der Waals surface area contributed by atoms with E-state index in [4.69, 9.17) is 10.8 Å². The molecule has 0 saturated carbocycles. The molecule has 0 radical (unpaired) electrons. The van der Waals surface area contributed by atoms with Gasteiger partial charge in [0.15, 0.2) is 0 Å². The molecule has 0 aromatic heterocycles. The molecule has 1 aromatic rings. The van der Waals surface area contributed by atoms with Crippen LogP contribution in [0.2, 0.25) is 0 Å². The molecule has 0 unspecified atom stereocenters. The molecule has 0 aliphatic heterocycles. The lowest BCUT2D eigenvalue weighted by Gasteiger charge is -2.12. The number of rotatable bonds is 3. The number of nitrogens with two attached hydrogens (primary N) is 1. The zero-order chi connectivity index (χ0) is 11.4. The molecule has 0 aliphatic carbocycles. The summed E-state index contributed by atoms with van der Waals surface area (Å²) in [6.45, 7) is 1.52. The summed E-state index contributed by atoms with van der Waals surface area (Å²) in [7, 11) is 0. The average molecular weight is 273 g/mol. The molecular weight excluding hydrogens is 260 g/mol. The third-order valence-electron chi connectivity index (χ3n) is 2.06. The zero-order valence-corrected chi connectivity index (χ0v) is 9.91. The van der Waals surface area contributed by atoms with E-state index in [2.05, 4.69) is 21.2 Å². The Morgan fingerprint density at radius 1 is 1.67 bits per heavy atom. The van der Waals surface area contributed by atoms with Crippen LogP contribution in [0.1, 0.15) is 5.56 Å². The van der Waals surface area contributed by atoms with Gasteiger partial charge in [0.25, 0.3) is 0 Å². The SMILES string of the molecule is Cc1c(Br)cccc1NC(=O)[C@H](N)CO. The Kier molecular flexibility index (Phi) is 4.26. The number of carbonyl (C=O) groups is 1. The van der Waals surface area contributed by atoms with E-state index in [-0.39, 0.29) is 6.61 Å². The zero-order valence-electron chi connectivity index (χ0n) is 8.33. The maximum Gasteiger partial charge on any atom is 0.243 e. The maximum atomic E-state index is 11.4. The smallest absolute Gasteiger partial charge is 0.243 e. The van der Waals surface area contributed by atoms with E-state index in [9.17, 15) is 4.79 Å². The topological polar surface area (TPSA) is 75.4 Å². The number of aliphatic hydroxyl groups is 1. The Bertz CT molecular complexity index is 368. The van der Waals surface area contributed by atoms with Gasteiger partial charge in [-0.05, 0) is 24.6 Å². The van der Waals surface area contributed by atoms with Crippen LogP contribution in [0.5, 0.6) is 0 Å². The summed E-state index contributed by atoms with van der Waals surface area (Å²) in [4.78, 5) is 11.4. The largest absolute Gasteiger partial charge is 0.394 e. The van der Waals surface area contributed by atoms with E-state index in [1.165, 1.54) is 0 Å². The summed E-state index contributed by atoms with van der Waals surface area (Å²) in [6, 6.07) is 4.60. The van der Waals surface area contributed by atoms with Gasteiger partial charge in [0.1, 0.15) is 6.04 Å². The Morgan fingerprint density at radius 3 is 2.93 bits per heavy atom. The fraction of sp³-hybridized carbons (Fsp3) is 0.300. The van der Waals surface area contributed by atoms with E-state index in [1.807, 2.05) is 19.1 Å². The second kappa shape index (κ2) is 5.25. The number of amides is 1. The lowest BCUT2D eigenvalue weighted by atomic mass is 10.2. The third kappa shape index (κ3) is 3.02. The van der Waals surface area contributed by atoms with E-state index >= 15 is 0 Å². The lowest BCUT2D eigenvalue weighted by Crippen LogP contribution is -2.38. The van der Waals surface area contributed by atoms with E-state index in [0.717, 1.165) is 10.0 Å². The first kappa shape index (κ1) is 12.2. The molecule has 0 bridgehead atoms. The molecule has 1 amide bonds. The first-order chi connectivity index (χ1) is 7.06. The van der Waals surface area contributed by atoms with Crippen LogP contribution in [-0.2, 0) is 4.79 Å². The molecular formula is C10H13BrN2O2. The van der Waals surface area contributed by atoms with Gasteiger partial charge >= 0.3 is 0 Å². The highest BCUT2D eigenvalue weighted by Crippen LogP contribution is 2.23. The van der Waals surface area contributed by atoms with Gasteiger partial charge < -0.3 is 16.2 Å². The van der Waals surface area contributed by atoms with E-state index in [0.29, 0.717) is 5.69 Å². The maximum absolute atomic E-state index is 11.4. The number of aliphatic hydroxyl groups excluding tert-OH is 1. The summed E-state index contributed by atoms with van der Waals surface area (Å²) in [5.41, 5.74) is 7.00. The number of carbonyl (C=O) groups excluding carboxylic acids is 1. The molecule has 15 heavy (non-hydrogen) atoms. The number of nitrogens with one attached hydrogen (secondary N) is 1. The number of halogens is 1. The van der Waals surface area contributed by atoms with Gasteiger partial charge in [-0.2, -0.15) is 0 Å². The fourth-order valence-corrected chi connectivity index (χ4v) is 1.42. The van der Waals surface area contributed by atoms with E-state index in [1.54, 1.807) is 6.07 Å². The van der Waals surface area contributed by atoms with Crippen LogP contribution in [0.25, 0.3) is 0 Å². The fourth-order valence-electron chi connectivity index (χ4n) is 1.05. The first-order valence-electron chi connectivity index (χ1n) is 4.48. The normalized spacial score (nSPS) is 12.3. The van der Waals surface area contributed by atoms with Crippen LogP contribution in [0.15, 0.2) is 22.7 Å². The minimum Gasteiger partial charge on any atom is -0.394 e. The van der Waals surface area contributed by atoms with Gasteiger partial charge in [-0.3, -0.25) is 4.79 Å². The van der Waals surface area contributed by atoms with Crippen molar-refractivity contribution >= 4 is 27.5 Å². The Balaban J connectivity index is 2.81. The van der Waals surface area contributed by atoms with Crippen LogP contribution >= 0.6 is 15.9 Å². The molecule has 5 heteroatoms. The highest BCUT2D eigenvalue weighted by molar-refractivity contribution is 9.10. The molecule has 1 rings (SSSR count). The first-order valence-corrected chi connectivity index (χ1v) is 5.28. The summed E-state index contributed by atoms with van der Waals surface area (Å²) in [6.07, 6.45) is 0. The second-order valence-corrected chi connectivity index (χ2v) is 4.05. The molecule has 0 heterocycles. The van der Waals surface area contributed by atoms with Crippen molar-refractivity contribution < 1.29 is 9.90 Å². The summed E-state index contributed by atoms with van der Waals surface area (Å²) in [5, 5.41) is 11.4. The summed E-state index contributed by atoms with van der Waals surface area (Å²) < 4.78 is 0.915. The summed E-state index contributed by atoms with van der Waals surface area (Å²) >= 11 is 3.36. The molecule has 0 spiro atoms. The van der Waals surface area contributed by atoms with Crippen molar-refractivity contribution in [2.24, 2.45) is 5.73 Å². The van der Waals surface area contributed by atoms with Crippen molar-refractivity contribution in [1.29, 1.82) is 0 Å². The third-order valence-corrected chi connectivity index (χ3v) is 2.92. The second-order valence-electron chi connectivity index (χ2n) is 3.19. The van der Waals surface area contributed by atoms with Crippen LogP contribution in [0.3, 0.4) is 0 Å². The molecule has 0 fully saturated rings. The van der Waals surface area contributed by atoms with Crippen LogP contribution in [0.4, 0.5) is 5.69 Å². The van der Waals surface area contributed by atoms with E-state index < -0.39 is 11.9 Å². The minimum atomic E-state index is -0.886. The van der Waals surface area contributed by atoms with Gasteiger partial charge in [-0.1, -0.05) is 22.0 Å². The number of benzene rings is 1. The minimum absolute atomic E-state index is 0.362. The van der Waals surface area contributed by atoms with Crippen molar-refractivity contribution in [3.8, 4) is 0 Å². The standard InChI is InChI=1S/C10H13BrN2O2/c1-6-7(11)3-2-4-9(6)13-10(15)8(12)5-14/h2-4,8,14H,5,12H2,1H3,(H,13,15)/t8-/m1/s1. The van der Waals surface area contributed by atoms with Crippen LogP contribution in [0, 0.1) is 6.92 Å².